The third-order valence-electron chi connectivity index (χ3n) is 2.19. The zero-order valence-corrected chi connectivity index (χ0v) is 6.54. The molecule has 1 fully saturated rings. The van der Waals surface area contributed by atoms with Gasteiger partial charge in [-0.3, -0.25) is 0 Å². The van der Waals surface area contributed by atoms with E-state index >= 15 is 0 Å². The Balaban J connectivity index is 2.36. The molecule has 1 aliphatic rings. The SMILES string of the molecule is CC1(C)CCCNCC1. The Hall–Kier alpha value is -0.0400. The van der Waals surface area contributed by atoms with Crippen LogP contribution in [-0.4, -0.2) is 13.1 Å². The predicted molar refractivity (Wildman–Crippen MR) is 40.5 cm³/mol. The van der Waals surface area contributed by atoms with Crippen LogP contribution < -0.4 is 5.32 Å². The highest BCUT2D eigenvalue weighted by atomic mass is 14.9. The van der Waals surface area contributed by atoms with Gasteiger partial charge in [0.2, 0.25) is 0 Å². The smallest absolute Gasteiger partial charge is 0.00438 e. The topological polar surface area (TPSA) is 12.0 Å². The Morgan fingerprint density at radius 1 is 1.11 bits per heavy atom. The molecule has 54 valence electrons. The summed E-state index contributed by atoms with van der Waals surface area (Å²) in [7, 11) is 0. The average Bonchev–Trinajstić information content (AvgIpc) is 1.92. The monoisotopic (exact) mass is 127 g/mol. The van der Waals surface area contributed by atoms with Crippen LogP contribution in [0, 0.1) is 5.41 Å². The molecule has 9 heavy (non-hydrogen) atoms. The molecule has 1 saturated heterocycles. The van der Waals surface area contributed by atoms with E-state index in [4.69, 9.17) is 0 Å². The van der Waals surface area contributed by atoms with Crippen LogP contribution in [0.1, 0.15) is 33.1 Å². The summed E-state index contributed by atoms with van der Waals surface area (Å²) in [5.41, 5.74) is 0.601. The van der Waals surface area contributed by atoms with Crippen molar-refractivity contribution in [3.05, 3.63) is 0 Å². The van der Waals surface area contributed by atoms with E-state index in [0.29, 0.717) is 5.41 Å². The van der Waals surface area contributed by atoms with Crippen LogP contribution in [-0.2, 0) is 0 Å². The molecule has 0 radical (unpaired) electrons. The van der Waals surface area contributed by atoms with Crippen molar-refractivity contribution in [3.63, 3.8) is 0 Å². The number of nitrogens with one attached hydrogen (secondary N) is 1. The van der Waals surface area contributed by atoms with Crippen molar-refractivity contribution in [1.29, 1.82) is 0 Å². The summed E-state index contributed by atoms with van der Waals surface area (Å²) in [6, 6.07) is 0. The minimum atomic E-state index is 0.601. The fourth-order valence-electron chi connectivity index (χ4n) is 1.37. The van der Waals surface area contributed by atoms with Gasteiger partial charge in [-0.2, -0.15) is 0 Å². The minimum absolute atomic E-state index is 0.601. The molecular formula is C8H17N. The van der Waals surface area contributed by atoms with Gasteiger partial charge in [-0.25, -0.2) is 0 Å². The van der Waals surface area contributed by atoms with E-state index in [2.05, 4.69) is 19.2 Å². The second-order valence-electron chi connectivity index (χ2n) is 3.77. The molecule has 1 heterocycles. The van der Waals surface area contributed by atoms with E-state index in [-0.39, 0.29) is 0 Å². The van der Waals surface area contributed by atoms with Gasteiger partial charge in [0.1, 0.15) is 0 Å². The maximum Gasteiger partial charge on any atom is -0.00438 e. The van der Waals surface area contributed by atoms with E-state index in [1.54, 1.807) is 0 Å². The van der Waals surface area contributed by atoms with Crippen molar-refractivity contribution in [1.82, 2.24) is 5.32 Å². The first-order chi connectivity index (χ1) is 4.21. The largest absolute Gasteiger partial charge is 0.317 e. The van der Waals surface area contributed by atoms with Crippen molar-refractivity contribution in [2.45, 2.75) is 33.1 Å². The molecule has 0 saturated carbocycles. The van der Waals surface area contributed by atoms with Crippen molar-refractivity contribution in [3.8, 4) is 0 Å². The van der Waals surface area contributed by atoms with Crippen LogP contribution in [0.5, 0.6) is 0 Å². The van der Waals surface area contributed by atoms with Crippen LogP contribution in [0.3, 0.4) is 0 Å². The number of hydrogen-bond donors (Lipinski definition) is 1. The second-order valence-corrected chi connectivity index (χ2v) is 3.77. The molecule has 0 spiro atoms. The van der Waals surface area contributed by atoms with Crippen molar-refractivity contribution in [2.24, 2.45) is 5.41 Å². The van der Waals surface area contributed by atoms with Crippen LogP contribution in [0.2, 0.25) is 0 Å². The maximum absolute atomic E-state index is 3.40. The minimum Gasteiger partial charge on any atom is -0.317 e. The normalized spacial score (nSPS) is 27.3. The first-order valence-corrected chi connectivity index (χ1v) is 3.91. The molecule has 1 rings (SSSR count). The molecule has 0 bridgehead atoms. The molecule has 0 aromatic carbocycles. The van der Waals surface area contributed by atoms with E-state index in [9.17, 15) is 0 Å². The van der Waals surface area contributed by atoms with Gasteiger partial charge in [0.25, 0.3) is 0 Å². The van der Waals surface area contributed by atoms with E-state index in [1.165, 1.54) is 32.4 Å². The summed E-state index contributed by atoms with van der Waals surface area (Å²) in [5.74, 6) is 0. The summed E-state index contributed by atoms with van der Waals surface area (Å²) in [6.07, 6.45) is 4.08. The van der Waals surface area contributed by atoms with Gasteiger partial charge in [-0.1, -0.05) is 13.8 Å². The highest BCUT2D eigenvalue weighted by Crippen LogP contribution is 2.27. The van der Waals surface area contributed by atoms with Crippen LogP contribution in [0.4, 0.5) is 0 Å². The standard InChI is InChI=1S/C8H17N/c1-8(2)4-3-6-9-7-5-8/h9H,3-7H2,1-2H3. The van der Waals surface area contributed by atoms with Crippen LogP contribution in [0.15, 0.2) is 0 Å². The molecule has 0 atom stereocenters. The Morgan fingerprint density at radius 3 is 2.67 bits per heavy atom. The molecule has 1 aliphatic heterocycles. The Bertz CT molecular complexity index is 76.6. The molecular weight excluding hydrogens is 110 g/mol. The fourth-order valence-corrected chi connectivity index (χ4v) is 1.37. The van der Waals surface area contributed by atoms with Crippen molar-refractivity contribution < 1.29 is 0 Å². The van der Waals surface area contributed by atoms with E-state index in [1.807, 2.05) is 0 Å². The number of hydrogen-bond acceptors (Lipinski definition) is 1. The van der Waals surface area contributed by atoms with Gasteiger partial charge in [-0.05, 0) is 37.8 Å². The van der Waals surface area contributed by atoms with Crippen molar-refractivity contribution >= 4 is 0 Å². The van der Waals surface area contributed by atoms with E-state index in [0.717, 1.165) is 0 Å². The molecule has 0 aliphatic carbocycles. The Morgan fingerprint density at radius 2 is 1.89 bits per heavy atom. The van der Waals surface area contributed by atoms with Crippen LogP contribution in [0.25, 0.3) is 0 Å². The molecule has 1 heteroatoms. The quantitative estimate of drug-likeness (QED) is 0.523. The van der Waals surface area contributed by atoms with Crippen molar-refractivity contribution in [2.75, 3.05) is 13.1 Å². The summed E-state index contributed by atoms with van der Waals surface area (Å²) in [5, 5.41) is 3.40. The first kappa shape index (κ1) is 7.07. The van der Waals surface area contributed by atoms with Gasteiger partial charge in [-0.15, -0.1) is 0 Å². The fraction of sp³-hybridized carbons (Fsp3) is 1.00. The third-order valence-corrected chi connectivity index (χ3v) is 2.19. The lowest BCUT2D eigenvalue weighted by molar-refractivity contribution is 0.323. The average molecular weight is 127 g/mol. The second kappa shape index (κ2) is 2.70. The highest BCUT2D eigenvalue weighted by molar-refractivity contribution is 4.73. The van der Waals surface area contributed by atoms with Gasteiger partial charge in [0.15, 0.2) is 0 Å². The lowest BCUT2D eigenvalue weighted by Crippen LogP contribution is -2.16. The maximum atomic E-state index is 3.40. The predicted octanol–water partition coefficient (Wildman–Crippen LogP) is 1.79. The van der Waals surface area contributed by atoms with Gasteiger partial charge >= 0.3 is 0 Å². The number of rotatable bonds is 0. The molecule has 1 N–H and O–H groups in total. The third kappa shape index (κ3) is 2.35. The summed E-state index contributed by atoms with van der Waals surface area (Å²) in [6.45, 7) is 7.16. The Labute approximate surface area is 57.8 Å². The van der Waals surface area contributed by atoms with E-state index < -0.39 is 0 Å². The molecule has 0 amide bonds. The Kier molecular flexibility index (Phi) is 2.12. The summed E-state index contributed by atoms with van der Waals surface area (Å²) < 4.78 is 0. The molecule has 1 nitrogen and oxygen atoms in total. The summed E-state index contributed by atoms with van der Waals surface area (Å²) in [4.78, 5) is 0. The first-order valence-electron chi connectivity index (χ1n) is 3.91. The lowest BCUT2D eigenvalue weighted by atomic mass is 9.85. The molecule has 0 aromatic heterocycles. The highest BCUT2D eigenvalue weighted by Gasteiger charge is 2.18. The van der Waals surface area contributed by atoms with Gasteiger partial charge in [0.05, 0.1) is 0 Å². The molecule has 0 unspecified atom stereocenters. The van der Waals surface area contributed by atoms with Crippen LogP contribution >= 0.6 is 0 Å². The molecule has 0 aromatic rings. The van der Waals surface area contributed by atoms with Gasteiger partial charge in [0, 0.05) is 0 Å². The zero-order valence-electron chi connectivity index (χ0n) is 6.54. The summed E-state index contributed by atoms with van der Waals surface area (Å²) >= 11 is 0. The lowest BCUT2D eigenvalue weighted by Gasteiger charge is -2.20. The zero-order chi connectivity index (χ0) is 6.74. The van der Waals surface area contributed by atoms with Gasteiger partial charge < -0.3 is 5.32 Å².